The fourth-order valence-electron chi connectivity index (χ4n) is 2.99. The van der Waals surface area contributed by atoms with Gasteiger partial charge in [0.2, 0.25) is 0 Å². The van der Waals surface area contributed by atoms with Gasteiger partial charge < -0.3 is 5.32 Å². The van der Waals surface area contributed by atoms with Crippen LogP contribution in [0.25, 0.3) is 0 Å². The average Bonchev–Trinajstić information content (AvgIpc) is 3.23. The number of benzene rings is 1. The minimum Gasteiger partial charge on any atom is -0.344 e. The molecule has 5 nitrogen and oxygen atoms in total. The smallest absolute Gasteiger partial charge is 0.261 e. The summed E-state index contributed by atoms with van der Waals surface area (Å²) in [5, 5.41) is 5.01. The van der Waals surface area contributed by atoms with Crippen molar-refractivity contribution >= 4 is 29.1 Å². The summed E-state index contributed by atoms with van der Waals surface area (Å²) in [6.45, 7) is 7.81. The molecule has 1 N–H and O–H groups in total. The number of nitrogens with one attached hydrogen (secondary N) is 1. The van der Waals surface area contributed by atoms with E-state index in [9.17, 15) is 14.4 Å². The first-order valence-electron chi connectivity index (χ1n) is 8.39. The second-order valence-corrected chi connectivity index (χ2v) is 7.46. The van der Waals surface area contributed by atoms with E-state index in [1.807, 2.05) is 31.4 Å². The van der Waals surface area contributed by atoms with Crippen LogP contribution in [0.15, 0.2) is 48.4 Å². The van der Waals surface area contributed by atoms with Crippen LogP contribution >= 0.6 is 11.3 Å². The fourth-order valence-corrected chi connectivity index (χ4v) is 3.94. The van der Waals surface area contributed by atoms with Gasteiger partial charge in [0.05, 0.1) is 17.2 Å². The highest BCUT2D eigenvalue weighted by Crippen LogP contribution is 2.27. The molecule has 2 heterocycles. The molecule has 0 aliphatic carbocycles. The van der Waals surface area contributed by atoms with Crippen molar-refractivity contribution in [3.63, 3.8) is 0 Å². The van der Waals surface area contributed by atoms with Crippen LogP contribution in [0.4, 0.5) is 0 Å². The monoisotopic (exact) mass is 368 g/mol. The third-order valence-corrected chi connectivity index (χ3v) is 5.30. The molecule has 0 spiro atoms. The maximum Gasteiger partial charge on any atom is 0.261 e. The molecule has 0 saturated carbocycles. The lowest BCUT2D eigenvalue weighted by atomic mass is 10.0. The highest BCUT2D eigenvalue weighted by Gasteiger charge is 2.35. The van der Waals surface area contributed by atoms with Crippen LogP contribution < -0.4 is 5.32 Å². The number of carbonyl (C=O) groups is 3. The van der Waals surface area contributed by atoms with Crippen molar-refractivity contribution in [2.75, 3.05) is 6.54 Å². The summed E-state index contributed by atoms with van der Waals surface area (Å²) >= 11 is 1.59. The van der Waals surface area contributed by atoms with Gasteiger partial charge in [0, 0.05) is 17.0 Å². The molecule has 1 aliphatic heterocycles. The molecule has 1 aromatic carbocycles. The number of nitrogens with zero attached hydrogens (tertiary/aromatic N) is 1. The van der Waals surface area contributed by atoms with E-state index >= 15 is 0 Å². The normalized spacial score (nSPS) is 14.5. The Bertz CT molecular complexity index is 871. The van der Waals surface area contributed by atoms with Crippen molar-refractivity contribution < 1.29 is 14.4 Å². The fraction of sp³-hybridized carbons (Fsp3) is 0.250. The lowest BCUT2D eigenvalue weighted by molar-refractivity contribution is 0.0672. The van der Waals surface area contributed by atoms with E-state index in [2.05, 4.69) is 11.9 Å². The lowest BCUT2D eigenvalue weighted by Crippen LogP contribution is -2.31. The van der Waals surface area contributed by atoms with E-state index in [1.165, 1.54) is 12.1 Å². The quantitative estimate of drug-likeness (QED) is 0.625. The maximum atomic E-state index is 12.7. The Hall–Kier alpha value is -2.73. The SMILES string of the molecule is C=CCN1C(=O)c2ccc(C(=O)N[C@H](c3cccs3)C(C)C)cc2C1=O. The molecule has 1 aliphatic rings. The summed E-state index contributed by atoms with van der Waals surface area (Å²) in [5.41, 5.74) is 0.960. The van der Waals surface area contributed by atoms with Gasteiger partial charge >= 0.3 is 0 Å². The first kappa shape index (κ1) is 18.1. The zero-order valence-corrected chi connectivity index (χ0v) is 15.5. The molecule has 0 bridgehead atoms. The Morgan fingerprint density at radius 1 is 1.23 bits per heavy atom. The lowest BCUT2D eigenvalue weighted by Gasteiger charge is -2.21. The predicted molar refractivity (Wildman–Crippen MR) is 101 cm³/mol. The Labute approximate surface area is 156 Å². The highest BCUT2D eigenvalue weighted by atomic mass is 32.1. The van der Waals surface area contributed by atoms with Gasteiger partial charge in [-0.15, -0.1) is 17.9 Å². The summed E-state index contributed by atoms with van der Waals surface area (Å²) in [7, 11) is 0. The Morgan fingerprint density at radius 3 is 2.58 bits per heavy atom. The molecule has 3 amide bonds. The minimum absolute atomic E-state index is 0.106. The van der Waals surface area contributed by atoms with Crippen molar-refractivity contribution in [1.29, 1.82) is 0 Å². The molecule has 0 radical (unpaired) electrons. The van der Waals surface area contributed by atoms with Crippen LogP contribution in [0.1, 0.15) is 55.8 Å². The van der Waals surface area contributed by atoms with Gasteiger partial charge in [0.15, 0.2) is 0 Å². The number of hydrogen-bond acceptors (Lipinski definition) is 4. The minimum atomic E-state index is -0.391. The molecule has 1 aromatic heterocycles. The number of fused-ring (bicyclic) bond motifs is 1. The van der Waals surface area contributed by atoms with E-state index in [0.717, 1.165) is 9.78 Å². The Kier molecular flexibility index (Phi) is 5.04. The van der Waals surface area contributed by atoms with E-state index in [0.29, 0.717) is 11.1 Å². The van der Waals surface area contributed by atoms with Crippen LogP contribution in [0.5, 0.6) is 0 Å². The summed E-state index contributed by atoms with van der Waals surface area (Å²) in [4.78, 5) is 39.6. The zero-order chi connectivity index (χ0) is 18.8. The maximum absolute atomic E-state index is 12.7. The Morgan fingerprint density at radius 2 is 1.96 bits per heavy atom. The van der Waals surface area contributed by atoms with Gasteiger partial charge in [-0.05, 0) is 35.6 Å². The standard InChI is InChI=1S/C20H20N2O3S/c1-4-9-22-19(24)14-8-7-13(11-15(14)20(22)25)18(23)21-17(12(2)3)16-6-5-10-26-16/h4-8,10-12,17H,1,9H2,2-3H3,(H,21,23)/t17-/m0/s1. The second kappa shape index (κ2) is 7.25. The van der Waals surface area contributed by atoms with Crippen LogP contribution in [0, 0.1) is 5.92 Å². The summed E-state index contributed by atoms with van der Waals surface area (Å²) in [5.74, 6) is -0.783. The van der Waals surface area contributed by atoms with Crippen molar-refractivity contribution in [1.82, 2.24) is 10.2 Å². The second-order valence-electron chi connectivity index (χ2n) is 6.48. The van der Waals surface area contributed by atoms with Gasteiger partial charge in [-0.1, -0.05) is 26.0 Å². The molecule has 3 rings (SSSR count). The largest absolute Gasteiger partial charge is 0.344 e. The first-order chi connectivity index (χ1) is 12.4. The van der Waals surface area contributed by atoms with Crippen molar-refractivity contribution in [3.05, 3.63) is 69.9 Å². The van der Waals surface area contributed by atoms with Crippen LogP contribution in [0.2, 0.25) is 0 Å². The summed E-state index contributed by atoms with van der Waals surface area (Å²) in [6, 6.07) is 8.47. The van der Waals surface area contributed by atoms with E-state index in [-0.39, 0.29) is 35.9 Å². The van der Waals surface area contributed by atoms with Gasteiger partial charge in [-0.25, -0.2) is 0 Å². The topological polar surface area (TPSA) is 66.5 Å². The van der Waals surface area contributed by atoms with Gasteiger partial charge in [0.25, 0.3) is 17.7 Å². The van der Waals surface area contributed by atoms with Gasteiger partial charge in [0.1, 0.15) is 0 Å². The summed E-state index contributed by atoms with van der Waals surface area (Å²) < 4.78 is 0. The molecule has 134 valence electrons. The summed E-state index contributed by atoms with van der Waals surface area (Å²) in [6.07, 6.45) is 1.50. The van der Waals surface area contributed by atoms with Gasteiger partial charge in [-0.3, -0.25) is 19.3 Å². The number of amides is 3. The number of hydrogen-bond donors (Lipinski definition) is 1. The molecular weight excluding hydrogens is 348 g/mol. The molecule has 6 heteroatoms. The van der Waals surface area contributed by atoms with Gasteiger partial charge in [-0.2, -0.15) is 0 Å². The van der Waals surface area contributed by atoms with Crippen LogP contribution in [0.3, 0.4) is 0 Å². The predicted octanol–water partition coefficient (Wildman–Crippen LogP) is 3.66. The average molecular weight is 368 g/mol. The van der Waals surface area contributed by atoms with Crippen molar-refractivity contribution in [2.24, 2.45) is 5.92 Å². The zero-order valence-electron chi connectivity index (χ0n) is 14.7. The molecule has 0 unspecified atom stereocenters. The Balaban J connectivity index is 1.85. The van der Waals surface area contributed by atoms with E-state index in [1.54, 1.807) is 23.5 Å². The first-order valence-corrected chi connectivity index (χ1v) is 9.27. The molecule has 0 fully saturated rings. The number of thiophene rings is 1. The van der Waals surface area contributed by atoms with Crippen LogP contribution in [-0.2, 0) is 0 Å². The van der Waals surface area contributed by atoms with Crippen LogP contribution in [-0.4, -0.2) is 29.2 Å². The third-order valence-electron chi connectivity index (χ3n) is 4.35. The molecule has 0 saturated heterocycles. The number of rotatable bonds is 6. The van der Waals surface area contributed by atoms with E-state index in [4.69, 9.17) is 0 Å². The molecule has 26 heavy (non-hydrogen) atoms. The number of carbonyl (C=O) groups excluding carboxylic acids is 3. The van der Waals surface area contributed by atoms with Crippen molar-refractivity contribution in [3.8, 4) is 0 Å². The van der Waals surface area contributed by atoms with Crippen molar-refractivity contribution in [2.45, 2.75) is 19.9 Å². The molecule has 2 aromatic rings. The van der Waals surface area contributed by atoms with E-state index < -0.39 is 5.91 Å². The molecular formula is C20H20N2O3S. The third kappa shape index (κ3) is 3.20. The highest BCUT2D eigenvalue weighted by molar-refractivity contribution is 7.10. The number of imide groups is 1. The molecule has 1 atom stereocenters.